The molecule has 0 unspecified atom stereocenters. The summed E-state index contributed by atoms with van der Waals surface area (Å²) in [5.74, 6) is 0. The van der Waals surface area contributed by atoms with Crippen molar-refractivity contribution in [3.05, 3.63) is 68.9 Å². The summed E-state index contributed by atoms with van der Waals surface area (Å²) in [6.07, 6.45) is -8.74. The van der Waals surface area contributed by atoms with Crippen LogP contribution in [0.4, 0.5) is 26.3 Å². The Morgan fingerprint density at radius 3 is 2.33 bits per heavy atom. The molecule has 0 radical (unpaired) electrons. The first-order valence-corrected chi connectivity index (χ1v) is 7.39. The van der Waals surface area contributed by atoms with Crippen LogP contribution in [0.2, 0.25) is 5.02 Å². The predicted molar refractivity (Wildman–Crippen MR) is 83.5 cm³/mol. The van der Waals surface area contributed by atoms with Gasteiger partial charge in [0, 0.05) is 0 Å². The molecular formula is C16H8ClF6N3O. The molecule has 4 nitrogen and oxygen atoms in total. The van der Waals surface area contributed by atoms with E-state index in [0.717, 1.165) is 6.08 Å². The van der Waals surface area contributed by atoms with Gasteiger partial charge in [-0.25, -0.2) is 4.98 Å². The average Bonchev–Trinajstić information content (AvgIpc) is 2.54. The lowest BCUT2D eigenvalue weighted by atomic mass is 10.1. The second kappa shape index (κ2) is 7.08. The quantitative estimate of drug-likeness (QED) is 0.555. The first kappa shape index (κ1) is 20.5. The molecule has 2 aromatic rings. The fourth-order valence-corrected chi connectivity index (χ4v) is 2.63. The summed E-state index contributed by atoms with van der Waals surface area (Å²) in [5, 5.41) is 8.49. The minimum Gasteiger partial charge on any atom is -0.269 e. The third kappa shape index (κ3) is 3.98. The molecule has 0 aliphatic carbocycles. The number of nitrogens with zero attached hydrogens (tertiary/aromatic N) is 3. The Morgan fingerprint density at radius 1 is 1.22 bits per heavy atom. The van der Waals surface area contributed by atoms with Crippen LogP contribution in [-0.2, 0) is 18.8 Å². The van der Waals surface area contributed by atoms with E-state index in [1.807, 2.05) is 0 Å². The maximum absolute atomic E-state index is 13.0. The first-order chi connectivity index (χ1) is 12.4. The number of hydrogen-bond acceptors (Lipinski definition) is 3. The number of nitriles is 1. The zero-order chi connectivity index (χ0) is 20.6. The van der Waals surface area contributed by atoms with E-state index in [4.69, 9.17) is 16.9 Å². The van der Waals surface area contributed by atoms with E-state index in [-0.39, 0.29) is 0 Å². The summed E-state index contributed by atoms with van der Waals surface area (Å²) in [7, 11) is 0. The van der Waals surface area contributed by atoms with Gasteiger partial charge in [0.25, 0.3) is 5.56 Å². The highest BCUT2D eigenvalue weighted by molar-refractivity contribution is 6.32. The van der Waals surface area contributed by atoms with Gasteiger partial charge in [-0.05, 0) is 18.6 Å². The van der Waals surface area contributed by atoms with Crippen LogP contribution in [0.15, 0.2) is 35.9 Å². The van der Waals surface area contributed by atoms with E-state index >= 15 is 0 Å². The summed E-state index contributed by atoms with van der Waals surface area (Å²) >= 11 is 5.80. The van der Waals surface area contributed by atoms with Crippen molar-refractivity contribution in [1.82, 2.24) is 9.55 Å². The van der Waals surface area contributed by atoms with Crippen LogP contribution in [0, 0.1) is 11.3 Å². The molecule has 1 heterocycles. The molecule has 0 aliphatic rings. The third-order valence-corrected chi connectivity index (χ3v) is 3.72. The van der Waals surface area contributed by atoms with Crippen LogP contribution < -0.4 is 5.56 Å². The maximum Gasteiger partial charge on any atom is 0.433 e. The van der Waals surface area contributed by atoms with Crippen molar-refractivity contribution < 1.29 is 26.3 Å². The van der Waals surface area contributed by atoms with Gasteiger partial charge in [0.2, 0.25) is 0 Å². The molecule has 0 N–H and O–H groups in total. The van der Waals surface area contributed by atoms with Gasteiger partial charge in [-0.15, -0.1) is 6.58 Å². The smallest absolute Gasteiger partial charge is 0.269 e. The standard InChI is InChI=1S/C16H8ClF6N3O/c1-2-3-10-13(16(21,22)23)25-7-26(14(10)27)12-8(6-24)4-9(5-11(12)17)15(18,19)20/h2,4-5,7H,1,3H2. The van der Waals surface area contributed by atoms with Crippen molar-refractivity contribution in [3.63, 3.8) is 0 Å². The van der Waals surface area contributed by atoms with Crippen molar-refractivity contribution in [2.45, 2.75) is 18.8 Å². The van der Waals surface area contributed by atoms with Crippen molar-refractivity contribution >= 4 is 11.6 Å². The molecule has 1 aromatic carbocycles. The highest BCUT2D eigenvalue weighted by Crippen LogP contribution is 2.35. The molecule has 1 aromatic heterocycles. The molecule has 142 valence electrons. The largest absolute Gasteiger partial charge is 0.433 e. The fraction of sp³-hybridized carbons (Fsp3) is 0.188. The third-order valence-electron chi connectivity index (χ3n) is 3.43. The predicted octanol–water partition coefficient (Wildman–Crippen LogP) is 4.52. The topological polar surface area (TPSA) is 58.7 Å². The molecule has 27 heavy (non-hydrogen) atoms. The maximum atomic E-state index is 13.0. The van der Waals surface area contributed by atoms with Crippen molar-refractivity contribution in [1.29, 1.82) is 5.26 Å². The zero-order valence-electron chi connectivity index (χ0n) is 13.1. The van der Waals surface area contributed by atoms with E-state index in [2.05, 4.69) is 11.6 Å². The van der Waals surface area contributed by atoms with E-state index in [1.54, 1.807) is 0 Å². The van der Waals surface area contributed by atoms with E-state index < -0.39 is 57.4 Å². The van der Waals surface area contributed by atoms with Gasteiger partial charge in [0.15, 0.2) is 5.69 Å². The normalized spacial score (nSPS) is 11.9. The summed E-state index contributed by atoms with van der Waals surface area (Å²) in [6.45, 7) is 3.27. The molecule has 2 rings (SSSR count). The van der Waals surface area contributed by atoms with Gasteiger partial charge in [0.05, 0.1) is 27.4 Å². The molecule has 0 spiro atoms. The number of hydrogen-bond donors (Lipinski definition) is 0. The van der Waals surface area contributed by atoms with Crippen LogP contribution in [0.25, 0.3) is 5.69 Å². The molecule has 0 bridgehead atoms. The Bertz CT molecular complexity index is 1000. The molecule has 0 saturated carbocycles. The molecule has 0 saturated heterocycles. The Labute approximate surface area is 152 Å². The number of benzene rings is 1. The number of halogens is 7. The number of alkyl halides is 6. The van der Waals surface area contributed by atoms with Gasteiger partial charge in [-0.2, -0.15) is 31.6 Å². The second-order valence-corrected chi connectivity index (χ2v) is 5.61. The summed E-state index contributed by atoms with van der Waals surface area (Å²) in [5.41, 5.74) is -5.85. The molecule has 0 amide bonds. The summed E-state index contributed by atoms with van der Waals surface area (Å²) < 4.78 is 78.2. The van der Waals surface area contributed by atoms with Gasteiger partial charge in [0.1, 0.15) is 12.4 Å². The Hall–Kier alpha value is -2.80. The van der Waals surface area contributed by atoms with Crippen molar-refractivity contribution in [3.8, 4) is 11.8 Å². The van der Waals surface area contributed by atoms with Gasteiger partial charge in [-0.1, -0.05) is 17.7 Å². The van der Waals surface area contributed by atoms with Crippen LogP contribution in [0.1, 0.15) is 22.4 Å². The van der Waals surface area contributed by atoms with Crippen LogP contribution in [-0.4, -0.2) is 9.55 Å². The average molecular weight is 408 g/mol. The molecule has 0 atom stereocenters. The molecule has 11 heteroatoms. The number of aromatic nitrogens is 2. The lowest BCUT2D eigenvalue weighted by Gasteiger charge is -2.16. The molecule has 0 aliphatic heterocycles. The van der Waals surface area contributed by atoms with Gasteiger partial charge >= 0.3 is 12.4 Å². The summed E-state index contributed by atoms with van der Waals surface area (Å²) in [4.78, 5) is 15.7. The highest BCUT2D eigenvalue weighted by Gasteiger charge is 2.37. The minimum absolute atomic E-state index is 0.443. The monoisotopic (exact) mass is 407 g/mol. The van der Waals surface area contributed by atoms with E-state index in [9.17, 15) is 31.1 Å². The lowest BCUT2D eigenvalue weighted by Crippen LogP contribution is -2.29. The highest BCUT2D eigenvalue weighted by atomic mass is 35.5. The number of allylic oxidation sites excluding steroid dienone is 1. The fourth-order valence-electron chi connectivity index (χ4n) is 2.32. The lowest BCUT2D eigenvalue weighted by molar-refractivity contribution is -0.142. The molecule has 0 fully saturated rings. The first-order valence-electron chi connectivity index (χ1n) is 7.01. The van der Waals surface area contributed by atoms with Crippen molar-refractivity contribution in [2.75, 3.05) is 0 Å². The van der Waals surface area contributed by atoms with E-state index in [1.165, 1.54) is 6.07 Å². The van der Waals surface area contributed by atoms with Gasteiger partial charge < -0.3 is 0 Å². The second-order valence-electron chi connectivity index (χ2n) is 5.20. The van der Waals surface area contributed by atoms with Crippen LogP contribution in [0.3, 0.4) is 0 Å². The Kier molecular flexibility index (Phi) is 5.37. The Balaban J connectivity index is 2.84. The molecular weight excluding hydrogens is 400 g/mol. The van der Waals surface area contributed by atoms with Crippen molar-refractivity contribution in [2.24, 2.45) is 0 Å². The zero-order valence-corrected chi connectivity index (χ0v) is 13.9. The van der Waals surface area contributed by atoms with Crippen LogP contribution in [0.5, 0.6) is 0 Å². The number of rotatable bonds is 3. The summed E-state index contributed by atoms with van der Waals surface area (Å²) in [6, 6.07) is 2.37. The Morgan fingerprint density at radius 2 is 1.85 bits per heavy atom. The minimum atomic E-state index is -4.93. The van der Waals surface area contributed by atoms with Gasteiger partial charge in [-0.3, -0.25) is 9.36 Å². The van der Waals surface area contributed by atoms with E-state index in [0.29, 0.717) is 23.0 Å². The SMILES string of the molecule is C=CCc1c(C(F)(F)F)ncn(-c2c(Cl)cc(C(F)(F)F)cc2C#N)c1=O. The van der Waals surface area contributed by atoms with Crippen LogP contribution >= 0.6 is 11.6 Å².